The molecule has 0 aliphatic carbocycles. The second-order valence-corrected chi connectivity index (χ2v) is 3.61. The minimum atomic E-state index is 0.994. The molecule has 14 heavy (non-hydrogen) atoms. The molecule has 0 aromatic carbocycles. The van der Waals surface area contributed by atoms with Crippen LogP contribution in [0.3, 0.4) is 0 Å². The van der Waals surface area contributed by atoms with Gasteiger partial charge in [0.15, 0.2) is 0 Å². The zero-order valence-electron chi connectivity index (χ0n) is 9.14. The molecule has 1 heterocycles. The van der Waals surface area contributed by atoms with Gasteiger partial charge in [-0.05, 0) is 38.0 Å². The Bertz CT molecular complexity index is 292. The number of nitrogens with one attached hydrogen (secondary N) is 1. The third-order valence-electron chi connectivity index (χ3n) is 2.29. The van der Waals surface area contributed by atoms with Crippen LogP contribution in [0.5, 0.6) is 0 Å². The van der Waals surface area contributed by atoms with Crippen LogP contribution in [-0.2, 0) is 0 Å². The molecule has 0 saturated heterocycles. The Morgan fingerprint density at radius 3 is 2.79 bits per heavy atom. The van der Waals surface area contributed by atoms with Gasteiger partial charge in [-0.2, -0.15) is 0 Å². The molecule has 1 rings (SSSR count). The van der Waals surface area contributed by atoms with Crippen molar-refractivity contribution in [1.82, 2.24) is 5.32 Å². The molecule has 0 radical (unpaired) electrons. The lowest BCUT2D eigenvalue weighted by molar-refractivity contribution is 0.709. The molecule has 0 aromatic heterocycles. The molecule has 1 nitrogen and oxygen atoms in total. The van der Waals surface area contributed by atoms with Crippen molar-refractivity contribution in [3.63, 3.8) is 0 Å². The molecule has 0 fully saturated rings. The van der Waals surface area contributed by atoms with E-state index in [-0.39, 0.29) is 0 Å². The maximum Gasteiger partial charge on any atom is 0.0140 e. The van der Waals surface area contributed by atoms with Crippen LogP contribution in [0.4, 0.5) is 0 Å². The molecular weight excluding hydrogens is 170 g/mol. The molecule has 1 aliphatic rings. The highest BCUT2D eigenvalue weighted by molar-refractivity contribution is 5.42. The largest absolute Gasteiger partial charge is 0.313 e. The van der Waals surface area contributed by atoms with E-state index in [0.29, 0.717) is 0 Å². The van der Waals surface area contributed by atoms with Gasteiger partial charge in [-0.15, -0.1) is 0 Å². The molecule has 1 N–H and O–H groups in total. The van der Waals surface area contributed by atoms with Gasteiger partial charge in [-0.1, -0.05) is 36.5 Å². The molecule has 0 atom stereocenters. The molecule has 0 bridgehead atoms. The fourth-order valence-corrected chi connectivity index (χ4v) is 1.51. The third kappa shape index (κ3) is 3.35. The van der Waals surface area contributed by atoms with Crippen molar-refractivity contribution in [2.24, 2.45) is 0 Å². The van der Waals surface area contributed by atoms with Crippen LogP contribution in [0.2, 0.25) is 0 Å². The highest BCUT2D eigenvalue weighted by atomic mass is 14.8. The average Bonchev–Trinajstić information content (AvgIpc) is 2.20. The van der Waals surface area contributed by atoms with Gasteiger partial charge in [-0.25, -0.2) is 0 Å². The van der Waals surface area contributed by atoms with Crippen LogP contribution in [0.1, 0.15) is 20.3 Å². The van der Waals surface area contributed by atoms with E-state index < -0.39 is 0 Å². The third-order valence-corrected chi connectivity index (χ3v) is 2.29. The Hall–Kier alpha value is -1.08. The molecule has 0 saturated carbocycles. The summed E-state index contributed by atoms with van der Waals surface area (Å²) in [5.74, 6) is 0. The normalized spacial score (nSPS) is 18.4. The van der Waals surface area contributed by atoms with Gasteiger partial charge in [0.05, 0.1) is 0 Å². The summed E-state index contributed by atoms with van der Waals surface area (Å²) in [4.78, 5) is 0. The first-order chi connectivity index (χ1) is 6.74. The standard InChI is InChI=1S/C13H19N/c1-4-12(6-5-11(2)3)13-7-9-14-10-8-13/h4-7,14H,2,8-10H2,1,3H3/b6-5-,12-4+. The van der Waals surface area contributed by atoms with E-state index >= 15 is 0 Å². The predicted molar refractivity (Wildman–Crippen MR) is 63.3 cm³/mol. The van der Waals surface area contributed by atoms with Gasteiger partial charge in [0.2, 0.25) is 0 Å². The lowest BCUT2D eigenvalue weighted by atomic mass is 9.99. The quantitative estimate of drug-likeness (QED) is 0.673. The van der Waals surface area contributed by atoms with Crippen LogP contribution in [-0.4, -0.2) is 13.1 Å². The summed E-state index contributed by atoms with van der Waals surface area (Å²) in [7, 11) is 0. The van der Waals surface area contributed by atoms with Gasteiger partial charge in [0, 0.05) is 6.54 Å². The van der Waals surface area contributed by atoms with Crippen molar-refractivity contribution in [2.45, 2.75) is 20.3 Å². The minimum absolute atomic E-state index is 0.994. The monoisotopic (exact) mass is 189 g/mol. The summed E-state index contributed by atoms with van der Waals surface area (Å²) in [6.07, 6.45) is 9.77. The predicted octanol–water partition coefficient (Wildman–Crippen LogP) is 2.98. The fraction of sp³-hybridized carbons (Fsp3) is 0.385. The number of hydrogen-bond acceptors (Lipinski definition) is 1. The van der Waals surface area contributed by atoms with Crippen molar-refractivity contribution in [3.8, 4) is 0 Å². The second-order valence-electron chi connectivity index (χ2n) is 3.61. The van der Waals surface area contributed by atoms with Crippen molar-refractivity contribution in [1.29, 1.82) is 0 Å². The van der Waals surface area contributed by atoms with Gasteiger partial charge in [0.25, 0.3) is 0 Å². The Labute approximate surface area is 86.9 Å². The van der Waals surface area contributed by atoms with Crippen LogP contribution in [0.25, 0.3) is 0 Å². The molecular formula is C13H19N. The van der Waals surface area contributed by atoms with Gasteiger partial charge in [0.1, 0.15) is 0 Å². The SMILES string of the molecule is C=C(C)/C=C\C(=C/C)C1=CCNCC1. The van der Waals surface area contributed by atoms with E-state index in [2.05, 4.69) is 43.1 Å². The lowest BCUT2D eigenvalue weighted by Gasteiger charge is -2.14. The van der Waals surface area contributed by atoms with E-state index in [0.717, 1.165) is 25.1 Å². The molecule has 0 spiro atoms. The summed E-state index contributed by atoms with van der Waals surface area (Å²) in [6.45, 7) is 10.0. The van der Waals surface area contributed by atoms with Crippen LogP contribution in [0.15, 0.2) is 47.6 Å². The lowest BCUT2D eigenvalue weighted by Crippen LogP contribution is -2.20. The number of rotatable bonds is 3. The number of allylic oxidation sites excluding steroid dienone is 5. The molecule has 1 heteroatoms. The summed E-state index contributed by atoms with van der Waals surface area (Å²) in [5, 5.41) is 3.31. The molecule has 0 unspecified atom stereocenters. The maximum absolute atomic E-state index is 3.86. The van der Waals surface area contributed by atoms with E-state index in [4.69, 9.17) is 0 Å². The van der Waals surface area contributed by atoms with E-state index in [1.54, 1.807) is 0 Å². The van der Waals surface area contributed by atoms with Gasteiger partial charge < -0.3 is 5.32 Å². The minimum Gasteiger partial charge on any atom is -0.313 e. The molecule has 0 aromatic rings. The second kappa shape index (κ2) is 5.61. The zero-order valence-corrected chi connectivity index (χ0v) is 9.14. The Kier molecular flexibility index (Phi) is 4.41. The summed E-state index contributed by atoms with van der Waals surface area (Å²) >= 11 is 0. The highest BCUT2D eigenvalue weighted by Gasteiger charge is 2.04. The van der Waals surface area contributed by atoms with Crippen LogP contribution >= 0.6 is 0 Å². The number of hydrogen-bond donors (Lipinski definition) is 1. The first-order valence-corrected chi connectivity index (χ1v) is 5.14. The summed E-state index contributed by atoms with van der Waals surface area (Å²) < 4.78 is 0. The fourth-order valence-electron chi connectivity index (χ4n) is 1.51. The van der Waals surface area contributed by atoms with Crippen molar-refractivity contribution in [2.75, 3.05) is 13.1 Å². The molecule has 1 aliphatic heterocycles. The van der Waals surface area contributed by atoms with Gasteiger partial charge >= 0.3 is 0 Å². The van der Waals surface area contributed by atoms with E-state index in [9.17, 15) is 0 Å². The highest BCUT2D eigenvalue weighted by Crippen LogP contribution is 2.17. The Balaban J connectivity index is 2.72. The average molecular weight is 189 g/mol. The molecule has 0 amide bonds. The maximum atomic E-state index is 3.86. The Morgan fingerprint density at radius 2 is 2.29 bits per heavy atom. The van der Waals surface area contributed by atoms with E-state index in [1.165, 1.54) is 11.1 Å². The topological polar surface area (TPSA) is 12.0 Å². The summed E-state index contributed by atoms with van der Waals surface area (Å²) in [5.41, 5.74) is 3.87. The van der Waals surface area contributed by atoms with Crippen LogP contribution in [0, 0.1) is 0 Å². The van der Waals surface area contributed by atoms with Gasteiger partial charge in [-0.3, -0.25) is 0 Å². The Morgan fingerprint density at radius 1 is 1.50 bits per heavy atom. The van der Waals surface area contributed by atoms with Crippen molar-refractivity contribution >= 4 is 0 Å². The summed E-state index contributed by atoms with van der Waals surface area (Å²) in [6, 6.07) is 0. The van der Waals surface area contributed by atoms with Crippen LogP contribution < -0.4 is 5.32 Å². The smallest absolute Gasteiger partial charge is 0.0140 e. The first-order valence-electron chi connectivity index (χ1n) is 5.14. The van der Waals surface area contributed by atoms with Crippen molar-refractivity contribution in [3.05, 3.63) is 47.6 Å². The first kappa shape index (κ1) is 11.0. The van der Waals surface area contributed by atoms with E-state index in [1.807, 2.05) is 6.92 Å². The zero-order chi connectivity index (χ0) is 10.4. The molecule has 76 valence electrons. The van der Waals surface area contributed by atoms with Crippen molar-refractivity contribution < 1.29 is 0 Å².